The number of hydrogen-bond donors (Lipinski definition) is 1. The van der Waals surface area contributed by atoms with E-state index in [4.69, 9.17) is 14.6 Å². The van der Waals surface area contributed by atoms with Crippen molar-refractivity contribution in [2.24, 2.45) is 0 Å². The molecule has 1 unspecified atom stereocenters. The van der Waals surface area contributed by atoms with Gasteiger partial charge in [-0.25, -0.2) is 4.79 Å². The minimum Gasteiger partial charge on any atom is -0.444 e. The largest absolute Gasteiger partial charge is 0.444 e. The van der Waals surface area contributed by atoms with Crippen LogP contribution in [0.1, 0.15) is 27.2 Å². The van der Waals surface area contributed by atoms with Crippen LogP contribution in [-0.4, -0.2) is 52.5 Å². The van der Waals surface area contributed by atoms with E-state index in [1.54, 1.807) is 4.90 Å². The molecule has 0 aromatic carbocycles. The Morgan fingerprint density at radius 1 is 1.53 bits per heavy atom. The highest BCUT2D eigenvalue weighted by atomic mass is 79.9. The Bertz CT molecular complexity index is 279. The smallest absolute Gasteiger partial charge is 0.410 e. The summed E-state index contributed by atoms with van der Waals surface area (Å²) < 4.78 is 10.2. The number of nitrogens with zero attached hydrogens (tertiary/aromatic N) is 1. The van der Waals surface area contributed by atoms with Crippen molar-refractivity contribution >= 4 is 22.0 Å². The summed E-state index contributed by atoms with van der Waals surface area (Å²) in [5, 5.41) is 8.72. The zero-order valence-corrected chi connectivity index (χ0v) is 12.1. The average molecular weight is 310 g/mol. The molecule has 0 bridgehead atoms. The van der Waals surface area contributed by atoms with Crippen LogP contribution in [0.25, 0.3) is 0 Å². The van der Waals surface area contributed by atoms with E-state index >= 15 is 0 Å². The number of hydrogen-bond acceptors (Lipinski definition) is 4. The minimum absolute atomic E-state index is 0.0280. The number of aliphatic hydroxyl groups is 1. The second kappa shape index (κ2) is 5.54. The van der Waals surface area contributed by atoms with Crippen LogP contribution < -0.4 is 0 Å². The molecule has 100 valence electrons. The Hall–Kier alpha value is -0.330. The van der Waals surface area contributed by atoms with Gasteiger partial charge in [0.1, 0.15) is 10.1 Å². The van der Waals surface area contributed by atoms with Gasteiger partial charge in [0.15, 0.2) is 0 Å². The predicted molar refractivity (Wildman–Crippen MR) is 67.1 cm³/mol. The summed E-state index contributed by atoms with van der Waals surface area (Å²) in [7, 11) is 0. The Balaban J connectivity index is 2.47. The molecule has 1 N–H and O–H groups in total. The van der Waals surface area contributed by atoms with Gasteiger partial charge in [-0.15, -0.1) is 0 Å². The zero-order chi connectivity index (χ0) is 13.1. The molecule has 1 aliphatic heterocycles. The standard InChI is InChI=1S/C11H20BrNO4/c1-10(2,3)17-9(15)13-5-4-11(12,8-13)16-7-6-14/h14H,4-8H2,1-3H3. The maximum atomic E-state index is 11.8. The molecule has 1 atom stereocenters. The molecule has 0 aromatic rings. The molecular formula is C11H20BrNO4. The highest BCUT2D eigenvalue weighted by Gasteiger charge is 2.40. The first-order chi connectivity index (χ1) is 7.76. The molecule has 0 aromatic heterocycles. The van der Waals surface area contributed by atoms with Gasteiger partial charge in [0.25, 0.3) is 0 Å². The van der Waals surface area contributed by atoms with E-state index in [2.05, 4.69) is 15.9 Å². The van der Waals surface area contributed by atoms with E-state index in [0.717, 1.165) is 0 Å². The third-order valence-electron chi connectivity index (χ3n) is 2.29. The molecule has 5 nitrogen and oxygen atoms in total. The van der Waals surface area contributed by atoms with Gasteiger partial charge < -0.3 is 19.5 Å². The zero-order valence-electron chi connectivity index (χ0n) is 10.5. The summed E-state index contributed by atoms with van der Waals surface area (Å²) in [6.45, 7) is 6.76. The van der Waals surface area contributed by atoms with E-state index in [1.807, 2.05) is 20.8 Å². The minimum atomic E-state index is -0.549. The molecule has 1 rings (SSSR count). The fourth-order valence-corrected chi connectivity index (χ4v) is 2.22. The van der Waals surface area contributed by atoms with Crippen molar-refractivity contribution in [1.29, 1.82) is 0 Å². The number of alkyl halides is 1. The van der Waals surface area contributed by atoms with Crippen molar-refractivity contribution in [2.45, 2.75) is 37.3 Å². The van der Waals surface area contributed by atoms with E-state index in [1.165, 1.54) is 0 Å². The van der Waals surface area contributed by atoms with Crippen LogP contribution in [0.3, 0.4) is 0 Å². The van der Waals surface area contributed by atoms with Crippen molar-refractivity contribution in [3.05, 3.63) is 0 Å². The third kappa shape index (κ3) is 4.81. The lowest BCUT2D eigenvalue weighted by molar-refractivity contribution is 0.00552. The average Bonchev–Trinajstić information content (AvgIpc) is 2.56. The number of rotatable bonds is 3. The molecule has 17 heavy (non-hydrogen) atoms. The van der Waals surface area contributed by atoms with Gasteiger partial charge in [0.2, 0.25) is 0 Å². The predicted octanol–water partition coefficient (Wildman–Crippen LogP) is 1.73. The van der Waals surface area contributed by atoms with Gasteiger partial charge in [-0.3, -0.25) is 0 Å². The van der Waals surface area contributed by atoms with E-state index in [-0.39, 0.29) is 19.3 Å². The van der Waals surface area contributed by atoms with Gasteiger partial charge in [-0.05, 0) is 20.8 Å². The molecule has 0 aliphatic carbocycles. The fraction of sp³-hybridized carbons (Fsp3) is 0.909. The summed E-state index contributed by atoms with van der Waals surface area (Å²) in [6.07, 6.45) is 0.359. The molecule has 1 fully saturated rings. The molecule has 0 radical (unpaired) electrons. The summed E-state index contributed by atoms with van der Waals surface area (Å²) in [6, 6.07) is 0. The number of likely N-dealkylation sites (tertiary alicyclic amines) is 1. The second-order valence-corrected chi connectivity index (χ2v) is 6.55. The summed E-state index contributed by atoms with van der Waals surface area (Å²) in [5.41, 5.74) is -0.486. The number of aliphatic hydroxyl groups excluding tert-OH is 1. The quantitative estimate of drug-likeness (QED) is 0.807. The molecule has 1 saturated heterocycles. The fourth-order valence-electron chi connectivity index (χ4n) is 1.57. The van der Waals surface area contributed by atoms with Crippen molar-refractivity contribution in [3.8, 4) is 0 Å². The molecule has 1 aliphatic rings. The van der Waals surface area contributed by atoms with Crippen LogP contribution in [0, 0.1) is 0 Å². The second-order valence-electron chi connectivity index (χ2n) is 5.11. The first-order valence-electron chi connectivity index (χ1n) is 5.67. The Labute approximate surface area is 110 Å². The topological polar surface area (TPSA) is 59.0 Å². The van der Waals surface area contributed by atoms with Crippen molar-refractivity contribution in [1.82, 2.24) is 4.90 Å². The van der Waals surface area contributed by atoms with Crippen LogP contribution in [0.4, 0.5) is 4.79 Å². The number of amides is 1. The number of halogens is 1. The molecule has 6 heteroatoms. The lowest BCUT2D eigenvalue weighted by Gasteiger charge is -2.26. The molecule has 1 amide bonds. The number of carbonyl (C=O) groups excluding carboxylic acids is 1. The maximum absolute atomic E-state index is 11.8. The van der Waals surface area contributed by atoms with Gasteiger partial charge >= 0.3 is 6.09 Å². The van der Waals surface area contributed by atoms with Crippen molar-refractivity contribution in [3.63, 3.8) is 0 Å². The highest BCUT2D eigenvalue weighted by Crippen LogP contribution is 2.32. The monoisotopic (exact) mass is 309 g/mol. The lowest BCUT2D eigenvalue weighted by Crippen LogP contribution is -2.38. The first-order valence-corrected chi connectivity index (χ1v) is 6.47. The Kier molecular flexibility index (Phi) is 4.80. The van der Waals surface area contributed by atoms with Gasteiger partial charge in [0, 0.05) is 13.0 Å². The van der Waals surface area contributed by atoms with Crippen LogP contribution in [0.5, 0.6) is 0 Å². The van der Waals surface area contributed by atoms with Crippen LogP contribution in [-0.2, 0) is 9.47 Å². The van der Waals surface area contributed by atoms with Crippen LogP contribution >= 0.6 is 15.9 Å². The number of carbonyl (C=O) groups is 1. The van der Waals surface area contributed by atoms with Gasteiger partial charge in [0.05, 0.1) is 19.8 Å². The molecule has 1 heterocycles. The summed E-state index contributed by atoms with van der Waals surface area (Å²) >= 11 is 3.45. The van der Waals surface area contributed by atoms with E-state index in [9.17, 15) is 4.79 Å². The normalized spacial score (nSPS) is 25.1. The van der Waals surface area contributed by atoms with E-state index < -0.39 is 10.1 Å². The maximum Gasteiger partial charge on any atom is 0.410 e. The first kappa shape index (κ1) is 14.7. The van der Waals surface area contributed by atoms with Gasteiger partial charge in [-0.2, -0.15) is 0 Å². The third-order valence-corrected chi connectivity index (χ3v) is 3.16. The van der Waals surface area contributed by atoms with Crippen molar-refractivity contribution in [2.75, 3.05) is 26.3 Å². The van der Waals surface area contributed by atoms with Crippen molar-refractivity contribution < 1.29 is 19.4 Å². The SMILES string of the molecule is CC(C)(C)OC(=O)N1CCC(Br)(OCCO)C1. The van der Waals surface area contributed by atoms with E-state index in [0.29, 0.717) is 19.5 Å². The molecule has 0 saturated carbocycles. The Morgan fingerprint density at radius 2 is 2.18 bits per heavy atom. The van der Waals surface area contributed by atoms with Crippen LogP contribution in [0.2, 0.25) is 0 Å². The highest BCUT2D eigenvalue weighted by molar-refractivity contribution is 9.10. The number of ether oxygens (including phenoxy) is 2. The summed E-state index contributed by atoms with van der Waals surface area (Å²) in [4.78, 5) is 13.4. The Morgan fingerprint density at radius 3 is 2.71 bits per heavy atom. The molecule has 0 spiro atoms. The van der Waals surface area contributed by atoms with Gasteiger partial charge in [-0.1, -0.05) is 15.9 Å². The lowest BCUT2D eigenvalue weighted by atomic mass is 10.2. The summed E-state index contributed by atoms with van der Waals surface area (Å²) in [5.74, 6) is 0. The van der Waals surface area contributed by atoms with Crippen LogP contribution in [0.15, 0.2) is 0 Å². The molecular weight excluding hydrogens is 290 g/mol.